The Morgan fingerprint density at radius 1 is 1.05 bits per heavy atom. The minimum atomic E-state index is -0.100. The van der Waals surface area contributed by atoms with Gasteiger partial charge in [0.2, 0.25) is 0 Å². The Kier molecular flexibility index (Phi) is 3.28. The molecule has 0 aliphatic heterocycles. The van der Waals surface area contributed by atoms with Crippen LogP contribution in [0.3, 0.4) is 0 Å². The molecule has 4 nitrogen and oxygen atoms in total. The molecule has 4 heteroatoms. The van der Waals surface area contributed by atoms with E-state index in [2.05, 4.69) is 6.92 Å². The summed E-state index contributed by atoms with van der Waals surface area (Å²) in [6, 6.07) is 3.74. The van der Waals surface area contributed by atoms with Crippen LogP contribution in [0, 0.1) is 6.92 Å². The first-order valence-electron chi connectivity index (χ1n) is 6.53. The highest BCUT2D eigenvalue weighted by Crippen LogP contribution is 2.37. The largest absolute Gasteiger partial charge is 0.398 e. The Morgan fingerprint density at radius 2 is 1.58 bits per heavy atom. The van der Waals surface area contributed by atoms with Crippen molar-refractivity contribution in [3.05, 3.63) is 28.8 Å². The molecule has 0 saturated carbocycles. The molecule has 0 radical (unpaired) electrons. The van der Waals surface area contributed by atoms with Crippen molar-refractivity contribution >= 4 is 27.8 Å². The predicted octanol–water partition coefficient (Wildman–Crippen LogP) is 2.48. The normalized spacial score (nSPS) is 12.8. The van der Waals surface area contributed by atoms with Gasteiger partial charge in [-0.1, -0.05) is 6.92 Å². The minimum Gasteiger partial charge on any atom is -0.398 e. The third kappa shape index (κ3) is 1.98. The molecule has 0 bridgehead atoms. The Balaban J connectivity index is 3.00. The molecule has 0 unspecified atom stereocenters. The molecule has 2 aromatic carbocycles. The van der Waals surface area contributed by atoms with E-state index in [0.717, 1.165) is 34.0 Å². The lowest BCUT2D eigenvalue weighted by Gasteiger charge is -2.21. The molecule has 0 heterocycles. The van der Waals surface area contributed by atoms with E-state index in [1.165, 1.54) is 5.56 Å². The molecule has 1 atom stereocenters. The van der Waals surface area contributed by atoms with Gasteiger partial charge in [0.05, 0.1) is 11.4 Å². The second-order valence-electron chi connectivity index (χ2n) is 5.10. The fourth-order valence-electron chi connectivity index (χ4n) is 2.75. The van der Waals surface area contributed by atoms with Crippen LogP contribution in [-0.2, 0) is 6.42 Å². The van der Waals surface area contributed by atoms with E-state index in [-0.39, 0.29) is 6.04 Å². The summed E-state index contributed by atoms with van der Waals surface area (Å²) >= 11 is 0. The summed E-state index contributed by atoms with van der Waals surface area (Å²) < 4.78 is 0. The fourth-order valence-corrected chi connectivity index (χ4v) is 2.75. The van der Waals surface area contributed by atoms with Crippen LogP contribution in [-0.4, -0.2) is 0 Å². The molecule has 19 heavy (non-hydrogen) atoms. The zero-order valence-corrected chi connectivity index (χ0v) is 11.7. The number of anilines is 3. The Hall–Kier alpha value is -1.94. The van der Waals surface area contributed by atoms with Crippen molar-refractivity contribution in [2.45, 2.75) is 33.2 Å². The van der Waals surface area contributed by atoms with Gasteiger partial charge in [0.25, 0.3) is 0 Å². The number of benzene rings is 2. The number of hydrogen-bond donors (Lipinski definition) is 4. The van der Waals surface area contributed by atoms with Gasteiger partial charge in [-0.05, 0) is 59.9 Å². The SMILES string of the molecule is CCc1c([C@@H](C)N)c(N)c(C)c2cc(N)c(N)cc12. The van der Waals surface area contributed by atoms with Crippen molar-refractivity contribution in [3.63, 3.8) is 0 Å². The van der Waals surface area contributed by atoms with Crippen molar-refractivity contribution in [1.82, 2.24) is 0 Å². The average Bonchev–Trinajstić information content (AvgIpc) is 2.35. The second-order valence-corrected chi connectivity index (χ2v) is 5.10. The molecule has 0 aliphatic carbocycles. The maximum Gasteiger partial charge on any atom is 0.0554 e. The quantitative estimate of drug-likeness (QED) is 0.621. The van der Waals surface area contributed by atoms with E-state index >= 15 is 0 Å². The summed E-state index contributed by atoms with van der Waals surface area (Å²) in [4.78, 5) is 0. The van der Waals surface area contributed by atoms with Crippen LogP contribution < -0.4 is 22.9 Å². The number of fused-ring (bicyclic) bond motifs is 1. The zero-order valence-electron chi connectivity index (χ0n) is 11.7. The van der Waals surface area contributed by atoms with E-state index in [9.17, 15) is 0 Å². The van der Waals surface area contributed by atoms with Crippen molar-refractivity contribution < 1.29 is 0 Å². The van der Waals surface area contributed by atoms with Crippen LogP contribution in [0.4, 0.5) is 17.1 Å². The molecular formula is C15H22N4. The van der Waals surface area contributed by atoms with E-state index in [1.807, 2.05) is 26.0 Å². The number of rotatable bonds is 2. The highest BCUT2D eigenvalue weighted by atomic mass is 14.7. The molecule has 0 aromatic heterocycles. The predicted molar refractivity (Wildman–Crippen MR) is 83.9 cm³/mol. The lowest BCUT2D eigenvalue weighted by atomic mass is 9.88. The van der Waals surface area contributed by atoms with Crippen LogP contribution in [0.1, 0.15) is 36.6 Å². The van der Waals surface area contributed by atoms with Crippen molar-refractivity contribution in [2.75, 3.05) is 17.2 Å². The second kappa shape index (κ2) is 4.63. The molecule has 2 aromatic rings. The first kappa shape index (κ1) is 13.5. The van der Waals surface area contributed by atoms with Crippen LogP contribution in [0.25, 0.3) is 10.8 Å². The van der Waals surface area contributed by atoms with E-state index in [0.29, 0.717) is 11.4 Å². The van der Waals surface area contributed by atoms with E-state index in [1.54, 1.807) is 0 Å². The number of nitrogen functional groups attached to an aromatic ring is 3. The lowest BCUT2D eigenvalue weighted by molar-refractivity contribution is 0.806. The molecule has 2 rings (SSSR count). The van der Waals surface area contributed by atoms with Gasteiger partial charge in [0, 0.05) is 11.7 Å². The van der Waals surface area contributed by atoms with Crippen molar-refractivity contribution in [2.24, 2.45) is 5.73 Å². The molecular weight excluding hydrogens is 236 g/mol. The summed E-state index contributed by atoms with van der Waals surface area (Å²) in [7, 11) is 0. The molecule has 102 valence electrons. The van der Waals surface area contributed by atoms with Gasteiger partial charge in [0.15, 0.2) is 0 Å². The zero-order chi connectivity index (χ0) is 14.3. The molecule has 0 aliphatic rings. The minimum absolute atomic E-state index is 0.100. The van der Waals surface area contributed by atoms with Crippen molar-refractivity contribution in [3.8, 4) is 0 Å². The topological polar surface area (TPSA) is 104 Å². The molecule has 0 spiro atoms. The highest BCUT2D eigenvalue weighted by molar-refractivity contribution is 5.99. The Morgan fingerprint density at radius 3 is 2.05 bits per heavy atom. The summed E-state index contributed by atoms with van der Waals surface area (Å²) in [5.74, 6) is 0. The van der Waals surface area contributed by atoms with Crippen molar-refractivity contribution in [1.29, 1.82) is 0 Å². The summed E-state index contributed by atoms with van der Waals surface area (Å²) in [6.45, 7) is 6.05. The Labute approximate surface area is 113 Å². The van der Waals surface area contributed by atoms with Crippen LogP contribution in [0.15, 0.2) is 12.1 Å². The van der Waals surface area contributed by atoms with Crippen LogP contribution in [0.2, 0.25) is 0 Å². The molecule has 8 N–H and O–H groups in total. The summed E-state index contributed by atoms with van der Waals surface area (Å²) in [5.41, 5.74) is 29.4. The van der Waals surface area contributed by atoms with E-state index < -0.39 is 0 Å². The first-order chi connectivity index (χ1) is 8.88. The van der Waals surface area contributed by atoms with Crippen LogP contribution >= 0.6 is 0 Å². The van der Waals surface area contributed by atoms with Gasteiger partial charge in [-0.15, -0.1) is 0 Å². The first-order valence-corrected chi connectivity index (χ1v) is 6.53. The third-order valence-corrected chi connectivity index (χ3v) is 3.78. The standard InChI is InChI=1S/C15H22N4/c1-4-9-11-6-13(18)12(17)5-10(11)7(2)15(19)14(9)8(3)16/h5-6,8H,4,16-19H2,1-3H3/t8-/m1/s1. The van der Waals surface area contributed by atoms with Gasteiger partial charge in [0.1, 0.15) is 0 Å². The monoisotopic (exact) mass is 258 g/mol. The van der Waals surface area contributed by atoms with Gasteiger partial charge in [-0.2, -0.15) is 0 Å². The molecule has 0 saturated heterocycles. The van der Waals surface area contributed by atoms with Gasteiger partial charge < -0.3 is 22.9 Å². The number of nitrogens with two attached hydrogens (primary N) is 4. The molecule has 0 amide bonds. The van der Waals surface area contributed by atoms with Crippen LogP contribution in [0.5, 0.6) is 0 Å². The average molecular weight is 258 g/mol. The maximum absolute atomic E-state index is 6.26. The molecule has 0 fully saturated rings. The van der Waals surface area contributed by atoms with Gasteiger partial charge >= 0.3 is 0 Å². The van der Waals surface area contributed by atoms with E-state index in [4.69, 9.17) is 22.9 Å². The summed E-state index contributed by atoms with van der Waals surface area (Å²) in [5, 5.41) is 2.17. The lowest BCUT2D eigenvalue weighted by Crippen LogP contribution is -2.13. The number of aryl methyl sites for hydroxylation is 2. The summed E-state index contributed by atoms with van der Waals surface area (Å²) in [6.07, 6.45) is 0.862. The third-order valence-electron chi connectivity index (χ3n) is 3.78. The highest BCUT2D eigenvalue weighted by Gasteiger charge is 2.17. The van der Waals surface area contributed by atoms with Gasteiger partial charge in [-0.3, -0.25) is 0 Å². The number of hydrogen-bond acceptors (Lipinski definition) is 4. The van der Waals surface area contributed by atoms with Gasteiger partial charge in [-0.25, -0.2) is 0 Å². The Bertz CT molecular complexity index is 645. The smallest absolute Gasteiger partial charge is 0.0554 e. The fraction of sp³-hybridized carbons (Fsp3) is 0.333. The maximum atomic E-state index is 6.26.